The summed E-state index contributed by atoms with van der Waals surface area (Å²) < 4.78 is 0. The lowest BCUT2D eigenvalue weighted by Crippen LogP contribution is -2.16. The topological polar surface area (TPSA) is 3.24 Å². The normalized spacial score (nSPS) is 14.0. The summed E-state index contributed by atoms with van der Waals surface area (Å²) >= 11 is 0. The van der Waals surface area contributed by atoms with E-state index in [1.165, 1.54) is 56.1 Å². The van der Waals surface area contributed by atoms with Gasteiger partial charge in [-0.2, -0.15) is 0 Å². The largest absolute Gasteiger partial charge is 0.370 e. The molecule has 0 radical (unpaired) electrons. The van der Waals surface area contributed by atoms with E-state index < -0.39 is 0 Å². The van der Waals surface area contributed by atoms with E-state index in [1.54, 1.807) is 0 Å². The summed E-state index contributed by atoms with van der Waals surface area (Å²) in [4.78, 5) is 2.21. The molecule has 0 aromatic rings. The SMILES string of the molecule is C=CCN(C=CC(C)=CCCC(C)CCCC(C)CCC=C(C)C)CC=C. The fraction of sp³-hybridized carbons (Fsp3) is 0.615. The molecule has 2 unspecified atom stereocenters. The number of nitrogens with zero attached hydrogens (tertiary/aromatic N) is 1. The van der Waals surface area contributed by atoms with E-state index in [0.717, 1.165) is 24.9 Å². The van der Waals surface area contributed by atoms with Crippen molar-refractivity contribution in [1.82, 2.24) is 4.90 Å². The second kappa shape index (κ2) is 16.7. The lowest BCUT2D eigenvalue weighted by molar-refractivity contribution is 0.414. The zero-order valence-electron chi connectivity index (χ0n) is 18.8. The van der Waals surface area contributed by atoms with Gasteiger partial charge in [-0.3, -0.25) is 0 Å². The maximum atomic E-state index is 3.81. The second-order valence-corrected chi connectivity index (χ2v) is 8.37. The molecule has 1 nitrogen and oxygen atoms in total. The molecular weight excluding hydrogens is 326 g/mol. The molecule has 0 fully saturated rings. The second-order valence-electron chi connectivity index (χ2n) is 8.37. The molecule has 0 aliphatic rings. The monoisotopic (exact) mass is 371 g/mol. The van der Waals surface area contributed by atoms with Gasteiger partial charge in [0, 0.05) is 13.1 Å². The first-order valence-corrected chi connectivity index (χ1v) is 10.8. The third kappa shape index (κ3) is 16.4. The van der Waals surface area contributed by atoms with Crippen molar-refractivity contribution in [2.24, 2.45) is 11.8 Å². The van der Waals surface area contributed by atoms with Gasteiger partial charge in [-0.25, -0.2) is 0 Å². The van der Waals surface area contributed by atoms with E-state index in [-0.39, 0.29) is 0 Å². The average molecular weight is 372 g/mol. The summed E-state index contributed by atoms with van der Waals surface area (Å²) in [6, 6.07) is 0. The molecule has 0 spiro atoms. The number of hydrogen-bond donors (Lipinski definition) is 0. The Labute approximate surface area is 170 Å². The summed E-state index contributed by atoms with van der Waals surface area (Å²) in [6.45, 7) is 20.7. The maximum Gasteiger partial charge on any atom is 0.0354 e. The third-order valence-electron chi connectivity index (χ3n) is 5.01. The molecule has 0 amide bonds. The highest BCUT2D eigenvalue weighted by molar-refractivity contribution is 5.15. The van der Waals surface area contributed by atoms with Crippen molar-refractivity contribution in [2.75, 3.05) is 13.1 Å². The highest BCUT2D eigenvalue weighted by Gasteiger charge is 2.05. The van der Waals surface area contributed by atoms with Crippen LogP contribution >= 0.6 is 0 Å². The van der Waals surface area contributed by atoms with Gasteiger partial charge in [-0.05, 0) is 70.6 Å². The molecule has 154 valence electrons. The smallest absolute Gasteiger partial charge is 0.0354 e. The molecule has 1 heteroatoms. The molecule has 0 aromatic heterocycles. The van der Waals surface area contributed by atoms with E-state index in [2.05, 4.69) is 77.1 Å². The fourth-order valence-corrected chi connectivity index (χ4v) is 3.17. The first kappa shape index (κ1) is 25.5. The van der Waals surface area contributed by atoms with Gasteiger partial charge >= 0.3 is 0 Å². The molecule has 0 rings (SSSR count). The molecule has 0 saturated heterocycles. The van der Waals surface area contributed by atoms with Crippen LogP contribution in [0.15, 0.2) is 60.9 Å². The van der Waals surface area contributed by atoms with Gasteiger partial charge < -0.3 is 4.90 Å². The minimum Gasteiger partial charge on any atom is -0.370 e. The van der Waals surface area contributed by atoms with Gasteiger partial charge in [0.2, 0.25) is 0 Å². The van der Waals surface area contributed by atoms with Gasteiger partial charge in [-0.1, -0.05) is 68.6 Å². The van der Waals surface area contributed by atoms with Crippen LogP contribution in [0.4, 0.5) is 0 Å². The summed E-state index contributed by atoms with van der Waals surface area (Å²) in [5, 5.41) is 0. The van der Waals surface area contributed by atoms with Crippen LogP contribution in [-0.2, 0) is 0 Å². The average Bonchev–Trinajstić information content (AvgIpc) is 2.59. The Morgan fingerprint density at radius 1 is 0.815 bits per heavy atom. The van der Waals surface area contributed by atoms with Gasteiger partial charge in [0.15, 0.2) is 0 Å². The van der Waals surface area contributed by atoms with Crippen LogP contribution in [0.2, 0.25) is 0 Å². The minimum absolute atomic E-state index is 0.820. The lowest BCUT2D eigenvalue weighted by Gasteiger charge is -2.15. The Bertz CT molecular complexity index is 466. The highest BCUT2D eigenvalue weighted by atomic mass is 15.1. The Kier molecular flexibility index (Phi) is 15.7. The first-order chi connectivity index (χ1) is 12.9. The molecule has 0 aliphatic heterocycles. The summed E-state index contributed by atoms with van der Waals surface area (Å²) in [7, 11) is 0. The molecule has 0 aliphatic carbocycles. The van der Waals surface area contributed by atoms with Crippen LogP contribution in [0.5, 0.6) is 0 Å². The van der Waals surface area contributed by atoms with E-state index >= 15 is 0 Å². The molecule has 27 heavy (non-hydrogen) atoms. The van der Waals surface area contributed by atoms with Crippen LogP contribution in [0, 0.1) is 11.8 Å². The van der Waals surface area contributed by atoms with Crippen molar-refractivity contribution in [3.8, 4) is 0 Å². The van der Waals surface area contributed by atoms with Crippen LogP contribution < -0.4 is 0 Å². The zero-order chi connectivity index (χ0) is 20.5. The van der Waals surface area contributed by atoms with Crippen molar-refractivity contribution in [1.29, 1.82) is 0 Å². The van der Waals surface area contributed by atoms with Crippen molar-refractivity contribution < 1.29 is 0 Å². The van der Waals surface area contributed by atoms with E-state index in [9.17, 15) is 0 Å². The fourth-order valence-electron chi connectivity index (χ4n) is 3.17. The van der Waals surface area contributed by atoms with E-state index in [1.807, 2.05) is 12.2 Å². The molecule has 0 N–H and O–H groups in total. The summed E-state index contributed by atoms with van der Waals surface area (Å²) in [5.74, 6) is 1.68. The van der Waals surface area contributed by atoms with Gasteiger partial charge in [0.1, 0.15) is 0 Å². The first-order valence-electron chi connectivity index (χ1n) is 10.8. The number of hydrogen-bond acceptors (Lipinski definition) is 1. The molecule has 0 aromatic carbocycles. The van der Waals surface area contributed by atoms with Gasteiger partial charge in [-0.15, -0.1) is 13.2 Å². The van der Waals surface area contributed by atoms with E-state index in [0.29, 0.717) is 0 Å². The predicted molar refractivity (Wildman–Crippen MR) is 125 cm³/mol. The summed E-state index contributed by atoms with van der Waals surface area (Å²) in [5.41, 5.74) is 2.79. The molecule has 0 saturated carbocycles. The van der Waals surface area contributed by atoms with Crippen molar-refractivity contribution in [3.63, 3.8) is 0 Å². The molecule has 0 heterocycles. The summed E-state index contributed by atoms with van der Waals surface area (Å²) in [6.07, 6.45) is 22.1. The van der Waals surface area contributed by atoms with Crippen molar-refractivity contribution in [3.05, 3.63) is 60.9 Å². The van der Waals surface area contributed by atoms with Crippen LogP contribution in [0.1, 0.15) is 79.6 Å². The van der Waals surface area contributed by atoms with Gasteiger partial charge in [0.25, 0.3) is 0 Å². The minimum atomic E-state index is 0.820. The van der Waals surface area contributed by atoms with Crippen LogP contribution in [0.3, 0.4) is 0 Å². The Morgan fingerprint density at radius 3 is 1.81 bits per heavy atom. The predicted octanol–water partition coefficient (Wildman–Crippen LogP) is 8.09. The molecule has 2 atom stereocenters. The Morgan fingerprint density at radius 2 is 1.33 bits per heavy atom. The van der Waals surface area contributed by atoms with Crippen LogP contribution in [0.25, 0.3) is 0 Å². The molecular formula is C26H45N. The Hall–Kier alpha value is -1.50. The quantitative estimate of drug-likeness (QED) is 0.196. The highest BCUT2D eigenvalue weighted by Crippen LogP contribution is 2.20. The van der Waals surface area contributed by atoms with Crippen molar-refractivity contribution >= 4 is 0 Å². The maximum absolute atomic E-state index is 3.81. The molecule has 0 bridgehead atoms. The lowest BCUT2D eigenvalue weighted by atomic mass is 9.93. The number of allylic oxidation sites excluding steroid dienone is 5. The third-order valence-corrected chi connectivity index (χ3v) is 5.01. The van der Waals surface area contributed by atoms with Crippen LogP contribution in [-0.4, -0.2) is 18.0 Å². The van der Waals surface area contributed by atoms with Crippen molar-refractivity contribution in [2.45, 2.75) is 79.6 Å². The Balaban J connectivity index is 4.00. The van der Waals surface area contributed by atoms with Gasteiger partial charge in [0.05, 0.1) is 0 Å². The standard InChI is InChI=1S/C26H45N/c1-8-20-27(21-9-2)22-19-26(7)18-12-17-25(6)16-11-15-24(5)14-10-13-23(3)4/h8-9,13,18-19,22,24-25H,1-2,10-12,14-17,20-21H2,3-7H3. The number of rotatable bonds is 16. The van der Waals surface area contributed by atoms with E-state index in [4.69, 9.17) is 0 Å². The zero-order valence-corrected chi connectivity index (χ0v) is 18.8.